The largest absolute Gasteiger partial charge is 0.483 e. The van der Waals surface area contributed by atoms with Crippen molar-refractivity contribution < 1.29 is 23.1 Å². The molecule has 10 heteroatoms. The fourth-order valence-corrected chi connectivity index (χ4v) is 4.98. The maximum absolute atomic E-state index is 12.2. The zero-order chi connectivity index (χ0) is 21.3. The molecule has 1 saturated heterocycles. The number of carboxylic acid groups (broad SMARTS) is 1. The average molecular weight is 423 g/mol. The van der Waals surface area contributed by atoms with Crippen molar-refractivity contribution in [2.75, 3.05) is 25.1 Å². The molecule has 1 amide bonds. The van der Waals surface area contributed by atoms with Crippen molar-refractivity contribution in [1.82, 2.24) is 19.8 Å². The SMILES string of the molecule is CN(CCC(=O)NCc1ccccc1-n1ccnc1)C1CCS(=O)(=O)C1.O=CO. The van der Waals surface area contributed by atoms with Crippen LogP contribution in [0.15, 0.2) is 43.0 Å². The number of hydrogen-bond acceptors (Lipinski definition) is 6. The van der Waals surface area contributed by atoms with Crippen molar-refractivity contribution in [2.24, 2.45) is 0 Å². The van der Waals surface area contributed by atoms with Crippen molar-refractivity contribution >= 4 is 22.2 Å². The fraction of sp³-hybridized carbons (Fsp3) is 0.421. The fourth-order valence-electron chi connectivity index (χ4n) is 3.18. The Bertz CT molecular complexity index is 899. The summed E-state index contributed by atoms with van der Waals surface area (Å²) in [6.45, 7) is 0.740. The van der Waals surface area contributed by atoms with Gasteiger partial charge in [0.1, 0.15) is 0 Å². The number of sulfone groups is 1. The highest BCUT2D eigenvalue weighted by Gasteiger charge is 2.30. The van der Waals surface area contributed by atoms with Gasteiger partial charge in [-0.25, -0.2) is 13.4 Å². The Hall–Kier alpha value is -2.72. The lowest BCUT2D eigenvalue weighted by molar-refractivity contribution is -0.123. The van der Waals surface area contributed by atoms with Gasteiger partial charge in [0.15, 0.2) is 9.84 Å². The van der Waals surface area contributed by atoms with Crippen LogP contribution in [0.3, 0.4) is 0 Å². The van der Waals surface area contributed by atoms with Gasteiger partial charge in [-0.15, -0.1) is 0 Å². The molecule has 0 radical (unpaired) electrons. The highest BCUT2D eigenvalue weighted by Crippen LogP contribution is 2.17. The molecule has 29 heavy (non-hydrogen) atoms. The number of nitrogens with one attached hydrogen (secondary N) is 1. The molecule has 0 bridgehead atoms. The maximum atomic E-state index is 12.2. The number of amides is 1. The van der Waals surface area contributed by atoms with Crippen LogP contribution in [0.2, 0.25) is 0 Å². The van der Waals surface area contributed by atoms with Crippen molar-refractivity contribution in [3.8, 4) is 5.69 Å². The normalized spacial score (nSPS) is 17.4. The molecule has 1 aromatic heterocycles. The zero-order valence-corrected chi connectivity index (χ0v) is 17.1. The van der Waals surface area contributed by atoms with Gasteiger partial charge in [0.2, 0.25) is 5.91 Å². The monoisotopic (exact) mass is 422 g/mol. The molecule has 0 spiro atoms. The molecule has 0 saturated carbocycles. The van der Waals surface area contributed by atoms with E-state index in [2.05, 4.69) is 10.3 Å². The minimum absolute atomic E-state index is 0.0229. The molecule has 3 rings (SSSR count). The molecule has 2 N–H and O–H groups in total. The number of nitrogens with zero attached hydrogens (tertiary/aromatic N) is 3. The highest BCUT2D eigenvalue weighted by atomic mass is 32.2. The second-order valence-corrected chi connectivity index (χ2v) is 9.00. The van der Waals surface area contributed by atoms with Gasteiger partial charge in [-0.3, -0.25) is 9.59 Å². The number of imidazole rings is 1. The standard InChI is InChI=1S/C18H24N4O3S.CH2O2/c1-21(16-7-11-26(24,25)13-16)9-6-18(23)20-12-15-4-2-3-5-17(15)22-10-8-19-14-22;2-1-3/h2-5,8,10,14,16H,6-7,9,11-13H2,1H3,(H,20,23);1H,(H,2,3). The van der Waals surface area contributed by atoms with Crippen LogP contribution >= 0.6 is 0 Å². The average Bonchev–Trinajstić information content (AvgIpc) is 3.35. The zero-order valence-electron chi connectivity index (χ0n) is 16.3. The number of rotatable bonds is 7. The third-order valence-corrected chi connectivity index (χ3v) is 6.52. The minimum atomic E-state index is -2.90. The molecule has 1 aliphatic rings. The smallest absolute Gasteiger partial charge is 0.290 e. The van der Waals surface area contributed by atoms with Gasteiger partial charge in [0.05, 0.1) is 23.5 Å². The van der Waals surface area contributed by atoms with Gasteiger partial charge in [-0.05, 0) is 25.1 Å². The Morgan fingerprint density at radius 1 is 1.41 bits per heavy atom. The molecule has 1 aliphatic heterocycles. The lowest BCUT2D eigenvalue weighted by Crippen LogP contribution is -2.36. The number of para-hydroxylation sites is 1. The molecule has 2 heterocycles. The molecular weight excluding hydrogens is 396 g/mol. The first kappa shape index (κ1) is 22.6. The summed E-state index contributed by atoms with van der Waals surface area (Å²) < 4.78 is 25.0. The predicted octanol–water partition coefficient (Wildman–Crippen LogP) is 0.698. The molecule has 9 nitrogen and oxygen atoms in total. The van der Waals surface area contributed by atoms with E-state index in [1.54, 1.807) is 12.5 Å². The summed E-state index contributed by atoms with van der Waals surface area (Å²) in [6.07, 6.45) is 6.31. The lowest BCUT2D eigenvalue weighted by atomic mass is 10.1. The maximum Gasteiger partial charge on any atom is 0.290 e. The number of benzene rings is 1. The Kier molecular flexibility index (Phi) is 8.34. The predicted molar refractivity (Wildman–Crippen MR) is 108 cm³/mol. The third-order valence-electron chi connectivity index (χ3n) is 4.77. The molecule has 158 valence electrons. The van der Waals surface area contributed by atoms with Gasteiger partial charge in [0.25, 0.3) is 6.47 Å². The number of aromatic nitrogens is 2. The van der Waals surface area contributed by atoms with Gasteiger partial charge in [0, 0.05) is 37.9 Å². The number of hydrogen-bond donors (Lipinski definition) is 2. The summed E-state index contributed by atoms with van der Waals surface area (Å²) in [4.78, 5) is 26.6. The van der Waals surface area contributed by atoms with E-state index in [0.717, 1.165) is 11.3 Å². The van der Waals surface area contributed by atoms with Crippen LogP contribution in [0.4, 0.5) is 0 Å². The van der Waals surface area contributed by atoms with Crippen molar-refractivity contribution in [3.63, 3.8) is 0 Å². The van der Waals surface area contributed by atoms with Crippen LogP contribution in [0.1, 0.15) is 18.4 Å². The molecule has 1 unspecified atom stereocenters. The molecule has 1 atom stereocenters. The summed E-state index contributed by atoms with van der Waals surface area (Å²) in [7, 11) is -1.02. The second kappa shape index (κ2) is 10.7. The number of carbonyl (C=O) groups is 2. The van der Waals surface area contributed by atoms with E-state index in [1.165, 1.54) is 0 Å². The van der Waals surface area contributed by atoms with Crippen molar-refractivity contribution in [3.05, 3.63) is 48.5 Å². The third kappa shape index (κ3) is 6.99. The molecular formula is C19H26N4O5S. The molecule has 0 aliphatic carbocycles. The Morgan fingerprint density at radius 2 is 2.14 bits per heavy atom. The van der Waals surface area contributed by atoms with E-state index >= 15 is 0 Å². The van der Waals surface area contributed by atoms with E-state index in [0.29, 0.717) is 25.9 Å². The summed E-state index contributed by atoms with van der Waals surface area (Å²) >= 11 is 0. The first-order chi connectivity index (χ1) is 13.9. The highest BCUT2D eigenvalue weighted by molar-refractivity contribution is 7.91. The summed E-state index contributed by atoms with van der Waals surface area (Å²) in [5, 5.41) is 9.83. The second-order valence-electron chi connectivity index (χ2n) is 6.77. The van der Waals surface area contributed by atoms with Crippen molar-refractivity contribution in [2.45, 2.75) is 25.4 Å². The topological polar surface area (TPSA) is 122 Å². The lowest BCUT2D eigenvalue weighted by Gasteiger charge is -2.22. The van der Waals surface area contributed by atoms with Crippen LogP contribution in [0.5, 0.6) is 0 Å². The van der Waals surface area contributed by atoms with Gasteiger partial charge < -0.3 is 19.9 Å². The Balaban J connectivity index is 0.000000941. The van der Waals surface area contributed by atoms with E-state index in [1.807, 2.05) is 47.0 Å². The molecule has 1 fully saturated rings. The van der Waals surface area contributed by atoms with Crippen LogP contribution in [0, 0.1) is 0 Å². The molecule has 2 aromatic rings. The van der Waals surface area contributed by atoms with Crippen molar-refractivity contribution in [1.29, 1.82) is 0 Å². The van der Waals surface area contributed by atoms with Crippen LogP contribution in [0.25, 0.3) is 5.69 Å². The number of carbonyl (C=O) groups excluding carboxylic acids is 1. The first-order valence-corrected chi connectivity index (χ1v) is 11.0. The minimum Gasteiger partial charge on any atom is -0.483 e. The Morgan fingerprint density at radius 3 is 2.76 bits per heavy atom. The van der Waals surface area contributed by atoms with Crippen LogP contribution in [-0.4, -0.2) is 71.5 Å². The van der Waals surface area contributed by atoms with Gasteiger partial charge in [-0.2, -0.15) is 0 Å². The summed E-state index contributed by atoms with van der Waals surface area (Å²) in [5.74, 6) is 0.404. The summed E-state index contributed by atoms with van der Waals surface area (Å²) in [6, 6.07) is 7.87. The van der Waals surface area contributed by atoms with Crippen LogP contribution in [-0.2, 0) is 26.0 Å². The summed E-state index contributed by atoms with van der Waals surface area (Å²) in [5.41, 5.74) is 1.99. The van der Waals surface area contributed by atoms with E-state index in [9.17, 15) is 13.2 Å². The quantitative estimate of drug-likeness (QED) is 0.630. The first-order valence-electron chi connectivity index (χ1n) is 9.17. The van der Waals surface area contributed by atoms with E-state index in [4.69, 9.17) is 9.90 Å². The van der Waals surface area contributed by atoms with E-state index in [-0.39, 0.29) is 29.9 Å². The molecule has 1 aromatic carbocycles. The van der Waals surface area contributed by atoms with Gasteiger partial charge >= 0.3 is 0 Å². The van der Waals surface area contributed by atoms with Gasteiger partial charge in [-0.1, -0.05) is 18.2 Å². The van der Waals surface area contributed by atoms with Crippen LogP contribution < -0.4 is 5.32 Å². The van der Waals surface area contributed by atoms with E-state index < -0.39 is 9.84 Å². The Labute approximate surface area is 170 Å².